The van der Waals surface area contributed by atoms with Crippen LogP contribution in [0.1, 0.15) is 32.3 Å². The molecular formula is C21H35N3O3. The molecule has 0 saturated heterocycles. The molecule has 1 saturated carbocycles. The Balaban J connectivity index is 1.89. The zero-order valence-corrected chi connectivity index (χ0v) is 17.7. The van der Waals surface area contributed by atoms with Crippen LogP contribution in [0.5, 0.6) is 11.5 Å². The molecule has 0 spiro atoms. The molecule has 0 amide bonds. The van der Waals surface area contributed by atoms with Crippen molar-refractivity contribution in [1.82, 2.24) is 10.2 Å². The highest BCUT2D eigenvalue weighted by atomic mass is 16.5. The molecule has 0 unspecified atom stereocenters. The van der Waals surface area contributed by atoms with E-state index >= 15 is 0 Å². The number of likely N-dealkylation sites (N-methyl/N-ethyl adjacent to an activating group) is 1. The van der Waals surface area contributed by atoms with Crippen molar-refractivity contribution < 1.29 is 14.2 Å². The zero-order valence-electron chi connectivity index (χ0n) is 17.7. The Morgan fingerprint density at radius 1 is 1.22 bits per heavy atom. The van der Waals surface area contributed by atoms with Gasteiger partial charge in [0.1, 0.15) is 0 Å². The number of aliphatic imine (C=N–C) groups is 1. The Morgan fingerprint density at radius 2 is 1.93 bits per heavy atom. The van der Waals surface area contributed by atoms with Crippen molar-refractivity contribution in [2.45, 2.75) is 32.1 Å². The summed E-state index contributed by atoms with van der Waals surface area (Å²) in [6, 6.07) is 6.08. The predicted molar refractivity (Wildman–Crippen MR) is 110 cm³/mol. The summed E-state index contributed by atoms with van der Waals surface area (Å²) in [6.07, 6.45) is 2.65. The van der Waals surface area contributed by atoms with Gasteiger partial charge in [-0.2, -0.15) is 0 Å². The highest BCUT2D eigenvalue weighted by molar-refractivity contribution is 5.79. The minimum Gasteiger partial charge on any atom is -0.493 e. The van der Waals surface area contributed by atoms with Crippen LogP contribution in [-0.4, -0.2) is 65.5 Å². The second-order valence-electron chi connectivity index (χ2n) is 7.79. The molecule has 6 heteroatoms. The van der Waals surface area contributed by atoms with Gasteiger partial charge in [-0.1, -0.05) is 19.9 Å². The van der Waals surface area contributed by atoms with E-state index in [1.54, 1.807) is 14.2 Å². The first-order chi connectivity index (χ1) is 12.9. The Morgan fingerprint density at radius 3 is 2.52 bits per heavy atom. The quantitative estimate of drug-likeness (QED) is 0.386. The van der Waals surface area contributed by atoms with Gasteiger partial charge in [0.2, 0.25) is 0 Å². The van der Waals surface area contributed by atoms with E-state index in [1.807, 2.05) is 26.2 Å². The first kappa shape index (κ1) is 21.4. The number of rotatable bonds is 10. The van der Waals surface area contributed by atoms with Crippen LogP contribution in [0.15, 0.2) is 23.2 Å². The molecule has 0 aliphatic heterocycles. The summed E-state index contributed by atoms with van der Waals surface area (Å²) in [4.78, 5) is 6.51. The lowest BCUT2D eigenvalue weighted by atomic mass is 9.84. The van der Waals surface area contributed by atoms with Crippen LogP contribution in [-0.2, 0) is 10.2 Å². The van der Waals surface area contributed by atoms with Crippen molar-refractivity contribution in [2.24, 2.45) is 10.9 Å². The maximum Gasteiger partial charge on any atom is 0.193 e. The summed E-state index contributed by atoms with van der Waals surface area (Å²) in [6.45, 7) is 7.60. The molecule has 1 N–H and O–H groups in total. The molecule has 1 aliphatic rings. The standard InChI is InChI=1S/C21H35N3O3/c1-21(2,17-9-10-18(25-5)19(13-17)26-6)15-23-20(22-3)24(4)11-12-27-14-16-7-8-16/h9-10,13,16H,7-8,11-12,14-15H2,1-6H3,(H,22,23). The molecule has 0 heterocycles. The molecule has 152 valence electrons. The molecule has 0 bridgehead atoms. The third-order valence-electron chi connectivity index (χ3n) is 5.05. The van der Waals surface area contributed by atoms with Gasteiger partial charge in [-0.05, 0) is 36.5 Å². The van der Waals surface area contributed by atoms with E-state index in [9.17, 15) is 0 Å². The van der Waals surface area contributed by atoms with Crippen molar-refractivity contribution in [3.05, 3.63) is 23.8 Å². The van der Waals surface area contributed by atoms with E-state index in [1.165, 1.54) is 18.4 Å². The Hall–Kier alpha value is -1.95. The number of nitrogens with one attached hydrogen (secondary N) is 1. The van der Waals surface area contributed by atoms with Gasteiger partial charge in [0, 0.05) is 39.2 Å². The van der Waals surface area contributed by atoms with Gasteiger partial charge in [0.25, 0.3) is 0 Å². The number of guanidine groups is 1. The fourth-order valence-electron chi connectivity index (χ4n) is 2.89. The molecule has 0 atom stereocenters. The molecule has 1 aromatic rings. The number of hydrogen-bond donors (Lipinski definition) is 1. The first-order valence-electron chi connectivity index (χ1n) is 9.63. The lowest BCUT2D eigenvalue weighted by Crippen LogP contribution is -2.45. The monoisotopic (exact) mass is 377 g/mol. The SMILES string of the molecule is CN=C(NCC(C)(C)c1ccc(OC)c(OC)c1)N(C)CCOCC1CC1. The highest BCUT2D eigenvalue weighted by Gasteiger charge is 2.24. The molecule has 0 aromatic heterocycles. The molecule has 6 nitrogen and oxygen atoms in total. The normalized spacial score (nSPS) is 14.8. The van der Waals surface area contributed by atoms with Crippen molar-refractivity contribution >= 4 is 5.96 Å². The fraction of sp³-hybridized carbons (Fsp3) is 0.667. The summed E-state index contributed by atoms with van der Waals surface area (Å²) in [5, 5.41) is 3.48. The summed E-state index contributed by atoms with van der Waals surface area (Å²) in [5.74, 6) is 3.16. The Bertz CT molecular complexity index is 627. The average Bonchev–Trinajstić information content (AvgIpc) is 3.49. The van der Waals surface area contributed by atoms with Gasteiger partial charge in [0.05, 0.1) is 20.8 Å². The molecular weight excluding hydrogens is 342 g/mol. The Kier molecular flexibility index (Phi) is 7.78. The van der Waals surface area contributed by atoms with Crippen molar-refractivity contribution in [3.8, 4) is 11.5 Å². The Labute approximate surface area is 163 Å². The van der Waals surface area contributed by atoms with E-state index in [0.717, 1.165) is 49.7 Å². The van der Waals surface area contributed by atoms with E-state index in [0.29, 0.717) is 0 Å². The minimum atomic E-state index is -0.0984. The van der Waals surface area contributed by atoms with Gasteiger partial charge in [-0.3, -0.25) is 4.99 Å². The van der Waals surface area contributed by atoms with Gasteiger partial charge in [-0.15, -0.1) is 0 Å². The van der Waals surface area contributed by atoms with Gasteiger partial charge in [-0.25, -0.2) is 0 Å². The molecule has 2 rings (SSSR count). The molecule has 1 aromatic carbocycles. The van der Waals surface area contributed by atoms with Crippen LogP contribution in [0, 0.1) is 5.92 Å². The first-order valence-corrected chi connectivity index (χ1v) is 9.63. The van der Waals surface area contributed by atoms with E-state index < -0.39 is 0 Å². The summed E-state index contributed by atoms with van der Waals surface area (Å²) in [5.41, 5.74) is 1.08. The molecule has 1 fully saturated rings. The maximum atomic E-state index is 5.73. The summed E-state index contributed by atoms with van der Waals surface area (Å²) >= 11 is 0. The van der Waals surface area contributed by atoms with Crippen molar-refractivity contribution in [2.75, 3.05) is 54.6 Å². The number of methoxy groups -OCH3 is 2. The van der Waals surface area contributed by atoms with Gasteiger partial charge in [0.15, 0.2) is 17.5 Å². The van der Waals surface area contributed by atoms with Gasteiger partial charge >= 0.3 is 0 Å². The smallest absolute Gasteiger partial charge is 0.193 e. The number of nitrogens with zero attached hydrogens (tertiary/aromatic N) is 2. The number of hydrogen-bond acceptors (Lipinski definition) is 4. The summed E-state index contributed by atoms with van der Waals surface area (Å²) in [7, 11) is 7.17. The third kappa shape index (κ3) is 6.31. The highest BCUT2D eigenvalue weighted by Crippen LogP contribution is 2.33. The van der Waals surface area contributed by atoms with Crippen LogP contribution in [0.25, 0.3) is 0 Å². The van der Waals surface area contributed by atoms with Crippen LogP contribution >= 0.6 is 0 Å². The maximum absolute atomic E-state index is 5.73. The number of ether oxygens (including phenoxy) is 3. The fourth-order valence-corrected chi connectivity index (χ4v) is 2.89. The molecule has 1 aliphatic carbocycles. The lowest BCUT2D eigenvalue weighted by molar-refractivity contribution is 0.115. The van der Waals surface area contributed by atoms with Crippen LogP contribution in [0.4, 0.5) is 0 Å². The average molecular weight is 378 g/mol. The van der Waals surface area contributed by atoms with Crippen LogP contribution in [0.2, 0.25) is 0 Å². The van der Waals surface area contributed by atoms with E-state index in [-0.39, 0.29) is 5.41 Å². The lowest BCUT2D eigenvalue weighted by Gasteiger charge is -2.29. The van der Waals surface area contributed by atoms with Crippen LogP contribution in [0.3, 0.4) is 0 Å². The predicted octanol–water partition coefficient (Wildman–Crippen LogP) is 2.92. The van der Waals surface area contributed by atoms with Crippen molar-refractivity contribution in [1.29, 1.82) is 0 Å². The van der Waals surface area contributed by atoms with E-state index in [2.05, 4.69) is 35.1 Å². The van der Waals surface area contributed by atoms with Crippen molar-refractivity contribution in [3.63, 3.8) is 0 Å². The largest absolute Gasteiger partial charge is 0.493 e. The zero-order chi connectivity index (χ0) is 19.9. The van der Waals surface area contributed by atoms with Crippen LogP contribution < -0.4 is 14.8 Å². The number of benzene rings is 1. The molecule has 0 radical (unpaired) electrons. The third-order valence-corrected chi connectivity index (χ3v) is 5.05. The topological polar surface area (TPSA) is 55.3 Å². The van der Waals surface area contributed by atoms with E-state index in [4.69, 9.17) is 14.2 Å². The summed E-state index contributed by atoms with van der Waals surface area (Å²) < 4.78 is 16.5. The molecule has 27 heavy (non-hydrogen) atoms. The second kappa shape index (κ2) is 9.83. The van der Waals surface area contributed by atoms with Gasteiger partial charge < -0.3 is 24.4 Å². The second-order valence-corrected chi connectivity index (χ2v) is 7.79. The minimum absolute atomic E-state index is 0.0984.